The lowest BCUT2D eigenvalue weighted by Crippen LogP contribution is -2.01. The van der Waals surface area contributed by atoms with Gasteiger partial charge in [-0.15, -0.1) is 0 Å². The number of hydrogen-bond donors (Lipinski definition) is 0. The van der Waals surface area contributed by atoms with Crippen molar-refractivity contribution in [3.05, 3.63) is 23.5 Å². The topological polar surface area (TPSA) is 35.5 Å². The van der Waals surface area contributed by atoms with Crippen LogP contribution in [0.2, 0.25) is 0 Å². The molecule has 14 heavy (non-hydrogen) atoms. The average Bonchev–Trinajstić information content (AvgIpc) is 2.16. The van der Waals surface area contributed by atoms with E-state index in [1.54, 1.807) is 0 Å². The van der Waals surface area contributed by atoms with E-state index in [4.69, 9.17) is 9.47 Å². The van der Waals surface area contributed by atoms with Gasteiger partial charge in [-0.1, -0.05) is 0 Å². The van der Waals surface area contributed by atoms with Crippen LogP contribution in [0.4, 0.5) is 4.39 Å². The van der Waals surface area contributed by atoms with E-state index in [-0.39, 0.29) is 17.3 Å². The third-order valence-electron chi connectivity index (χ3n) is 1.85. The molecule has 0 heterocycles. The summed E-state index contributed by atoms with van der Waals surface area (Å²) in [6.07, 6.45) is 0. The minimum atomic E-state index is -0.547. The van der Waals surface area contributed by atoms with E-state index in [0.717, 1.165) is 0 Å². The lowest BCUT2D eigenvalue weighted by atomic mass is 10.1. The number of carbonyl (C=O) groups is 1. The van der Waals surface area contributed by atoms with Gasteiger partial charge in [-0.25, -0.2) is 4.39 Å². The molecular formula is C10H11FO3. The van der Waals surface area contributed by atoms with Gasteiger partial charge in [-0.05, 0) is 19.1 Å². The Balaban J connectivity index is 3.40. The van der Waals surface area contributed by atoms with E-state index in [2.05, 4.69) is 0 Å². The molecule has 0 aliphatic carbocycles. The maximum Gasteiger partial charge on any atom is 0.197 e. The Hall–Kier alpha value is -1.58. The molecule has 3 nitrogen and oxygen atoms in total. The lowest BCUT2D eigenvalue weighted by Gasteiger charge is -2.11. The Bertz CT molecular complexity index is 361. The zero-order valence-electron chi connectivity index (χ0n) is 8.26. The van der Waals surface area contributed by atoms with E-state index >= 15 is 0 Å². The summed E-state index contributed by atoms with van der Waals surface area (Å²) in [5.74, 6) is -0.644. The molecule has 1 rings (SSSR count). The van der Waals surface area contributed by atoms with Gasteiger partial charge in [0, 0.05) is 0 Å². The molecule has 1 aromatic carbocycles. The van der Waals surface area contributed by atoms with Crippen LogP contribution in [0.15, 0.2) is 12.1 Å². The van der Waals surface area contributed by atoms with Crippen LogP contribution in [0.3, 0.4) is 0 Å². The van der Waals surface area contributed by atoms with Crippen molar-refractivity contribution < 1.29 is 18.7 Å². The number of halogens is 1. The number of Topliss-reactive ketones (excluding diaryl/α,β-unsaturated/α-hetero) is 1. The van der Waals surface area contributed by atoms with Crippen molar-refractivity contribution >= 4 is 5.78 Å². The molecule has 1 aromatic rings. The van der Waals surface area contributed by atoms with Crippen LogP contribution in [0.1, 0.15) is 17.3 Å². The van der Waals surface area contributed by atoms with Crippen molar-refractivity contribution in [3.63, 3.8) is 0 Å². The number of ether oxygens (including phenoxy) is 2. The summed E-state index contributed by atoms with van der Waals surface area (Å²) in [6.45, 7) is 1.38. The molecule has 0 atom stereocenters. The summed E-state index contributed by atoms with van der Waals surface area (Å²) >= 11 is 0. The Morgan fingerprint density at radius 2 is 1.79 bits per heavy atom. The Morgan fingerprint density at radius 1 is 1.21 bits per heavy atom. The summed E-state index contributed by atoms with van der Waals surface area (Å²) in [7, 11) is 2.69. The first-order chi connectivity index (χ1) is 6.61. The van der Waals surface area contributed by atoms with Gasteiger partial charge in [-0.2, -0.15) is 0 Å². The minimum absolute atomic E-state index is 0.0415. The van der Waals surface area contributed by atoms with Crippen molar-refractivity contribution in [2.75, 3.05) is 14.2 Å². The first-order valence-corrected chi connectivity index (χ1v) is 4.03. The smallest absolute Gasteiger partial charge is 0.197 e. The number of ketones is 1. The van der Waals surface area contributed by atoms with Gasteiger partial charge in [-0.3, -0.25) is 4.79 Å². The first kappa shape index (κ1) is 10.5. The van der Waals surface area contributed by atoms with Gasteiger partial charge in [0.05, 0.1) is 19.8 Å². The lowest BCUT2D eigenvalue weighted by molar-refractivity contribution is 0.101. The van der Waals surface area contributed by atoms with Crippen LogP contribution in [0, 0.1) is 5.82 Å². The monoisotopic (exact) mass is 198 g/mol. The fourth-order valence-electron chi connectivity index (χ4n) is 1.21. The number of methoxy groups -OCH3 is 2. The van der Waals surface area contributed by atoms with Gasteiger partial charge < -0.3 is 9.47 Å². The second-order valence-electron chi connectivity index (χ2n) is 2.72. The molecule has 76 valence electrons. The largest absolute Gasteiger partial charge is 0.492 e. The fourth-order valence-corrected chi connectivity index (χ4v) is 1.21. The second-order valence-corrected chi connectivity index (χ2v) is 2.72. The molecule has 0 spiro atoms. The van der Waals surface area contributed by atoms with Crippen LogP contribution < -0.4 is 9.47 Å². The fraction of sp³-hybridized carbons (Fsp3) is 0.300. The van der Waals surface area contributed by atoms with Crippen LogP contribution in [-0.4, -0.2) is 20.0 Å². The quantitative estimate of drug-likeness (QED) is 0.697. The zero-order valence-corrected chi connectivity index (χ0v) is 8.26. The predicted molar refractivity (Wildman–Crippen MR) is 49.5 cm³/mol. The molecule has 0 N–H and O–H groups in total. The highest BCUT2D eigenvalue weighted by atomic mass is 19.1. The Labute approximate surface area is 81.4 Å². The number of benzene rings is 1. The van der Waals surface area contributed by atoms with E-state index in [1.165, 1.54) is 33.3 Å². The van der Waals surface area contributed by atoms with Crippen LogP contribution in [-0.2, 0) is 0 Å². The normalized spacial score (nSPS) is 9.71. The van der Waals surface area contributed by atoms with Gasteiger partial charge in [0.2, 0.25) is 0 Å². The van der Waals surface area contributed by atoms with Crippen LogP contribution >= 0.6 is 0 Å². The van der Waals surface area contributed by atoms with Gasteiger partial charge >= 0.3 is 0 Å². The third kappa shape index (κ3) is 1.69. The molecule has 4 heteroatoms. The molecule has 0 aliphatic rings. The molecule has 0 aromatic heterocycles. The van der Waals surface area contributed by atoms with Gasteiger partial charge in [0.1, 0.15) is 0 Å². The highest BCUT2D eigenvalue weighted by Gasteiger charge is 2.17. The summed E-state index contributed by atoms with van der Waals surface area (Å²) in [6, 6.07) is 2.55. The van der Waals surface area contributed by atoms with E-state index in [1.807, 2.05) is 0 Å². The number of carbonyl (C=O) groups excluding carboxylic acids is 1. The van der Waals surface area contributed by atoms with Crippen molar-refractivity contribution in [1.82, 2.24) is 0 Å². The number of hydrogen-bond acceptors (Lipinski definition) is 3. The Morgan fingerprint density at radius 3 is 2.21 bits per heavy atom. The highest BCUT2D eigenvalue weighted by Crippen LogP contribution is 2.33. The Kier molecular flexibility index (Phi) is 3.06. The highest BCUT2D eigenvalue weighted by molar-refractivity contribution is 5.97. The van der Waals surface area contributed by atoms with E-state index in [9.17, 15) is 9.18 Å². The van der Waals surface area contributed by atoms with Crippen molar-refractivity contribution in [1.29, 1.82) is 0 Å². The van der Waals surface area contributed by atoms with E-state index < -0.39 is 5.82 Å². The molecule has 0 radical (unpaired) electrons. The zero-order chi connectivity index (χ0) is 10.7. The number of rotatable bonds is 3. The van der Waals surface area contributed by atoms with Crippen LogP contribution in [0.25, 0.3) is 0 Å². The summed E-state index contributed by atoms with van der Waals surface area (Å²) < 4.78 is 22.9. The molecule has 0 saturated heterocycles. The average molecular weight is 198 g/mol. The standard InChI is InChI=1S/C10H11FO3/c1-6(12)7-4-5-8(11)10(14-3)9(7)13-2/h4-5H,1-3H3. The van der Waals surface area contributed by atoms with Gasteiger partial charge in [0.25, 0.3) is 0 Å². The molecule has 0 amide bonds. The third-order valence-corrected chi connectivity index (χ3v) is 1.85. The summed E-state index contributed by atoms with van der Waals surface area (Å²) in [4.78, 5) is 11.1. The maximum atomic E-state index is 13.2. The van der Waals surface area contributed by atoms with Crippen LogP contribution in [0.5, 0.6) is 11.5 Å². The van der Waals surface area contributed by atoms with Crippen molar-refractivity contribution in [2.24, 2.45) is 0 Å². The van der Waals surface area contributed by atoms with Crippen molar-refractivity contribution in [3.8, 4) is 11.5 Å². The van der Waals surface area contributed by atoms with Gasteiger partial charge in [0.15, 0.2) is 23.1 Å². The summed E-state index contributed by atoms with van der Waals surface area (Å²) in [5, 5.41) is 0. The SMILES string of the molecule is COc1c(F)ccc(C(C)=O)c1OC. The molecule has 0 saturated carbocycles. The van der Waals surface area contributed by atoms with E-state index in [0.29, 0.717) is 5.56 Å². The summed E-state index contributed by atoms with van der Waals surface area (Å²) in [5.41, 5.74) is 0.311. The maximum absolute atomic E-state index is 13.2. The molecule has 0 fully saturated rings. The van der Waals surface area contributed by atoms with Crippen molar-refractivity contribution in [2.45, 2.75) is 6.92 Å². The molecule has 0 unspecified atom stereocenters. The molecule has 0 bridgehead atoms. The second kappa shape index (κ2) is 4.09. The predicted octanol–water partition coefficient (Wildman–Crippen LogP) is 2.05. The molecular weight excluding hydrogens is 187 g/mol. The minimum Gasteiger partial charge on any atom is -0.492 e. The first-order valence-electron chi connectivity index (χ1n) is 4.03. The molecule has 0 aliphatic heterocycles.